The Bertz CT molecular complexity index is 982. The molecule has 0 unspecified atom stereocenters. The lowest BCUT2D eigenvalue weighted by molar-refractivity contribution is -0.118. The molecule has 8 heteroatoms. The predicted molar refractivity (Wildman–Crippen MR) is 109 cm³/mol. The summed E-state index contributed by atoms with van der Waals surface area (Å²) < 4.78 is 5.28. The number of fused-ring (bicyclic) bond motifs is 1. The molecule has 0 bridgehead atoms. The molecule has 0 N–H and O–H groups in total. The first-order valence-electron chi connectivity index (χ1n) is 8.66. The SMILES string of the molecule is COc1ccc(-c2c(C)sc3nc(Cl)nc(N4CCN(C=O)CC4)c23)cc1. The second-order valence-electron chi connectivity index (χ2n) is 6.39. The number of ether oxygens (including phenoxy) is 1. The van der Waals surface area contributed by atoms with Crippen molar-refractivity contribution in [1.82, 2.24) is 14.9 Å². The first-order valence-corrected chi connectivity index (χ1v) is 9.85. The van der Waals surface area contributed by atoms with Gasteiger partial charge in [-0.1, -0.05) is 12.1 Å². The topological polar surface area (TPSA) is 58.6 Å². The van der Waals surface area contributed by atoms with Crippen molar-refractivity contribution >= 4 is 45.4 Å². The van der Waals surface area contributed by atoms with Gasteiger partial charge in [0, 0.05) is 36.6 Å². The van der Waals surface area contributed by atoms with Gasteiger partial charge in [0.2, 0.25) is 11.7 Å². The van der Waals surface area contributed by atoms with E-state index in [0.29, 0.717) is 13.1 Å². The lowest BCUT2D eigenvalue weighted by Gasteiger charge is -2.33. The first kappa shape index (κ1) is 18.0. The molecule has 0 aliphatic carbocycles. The molecule has 0 atom stereocenters. The number of anilines is 1. The van der Waals surface area contributed by atoms with Crippen LogP contribution in [-0.4, -0.2) is 54.6 Å². The fourth-order valence-electron chi connectivity index (χ4n) is 3.44. The van der Waals surface area contributed by atoms with E-state index < -0.39 is 0 Å². The van der Waals surface area contributed by atoms with Gasteiger partial charge in [-0.3, -0.25) is 4.79 Å². The van der Waals surface area contributed by atoms with Gasteiger partial charge in [0.1, 0.15) is 16.4 Å². The minimum Gasteiger partial charge on any atom is -0.497 e. The summed E-state index contributed by atoms with van der Waals surface area (Å²) in [6.07, 6.45) is 0.900. The summed E-state index contributed by atoms with van der Waals surface area (Å²) in [7, 11) is 1.66. The van der Waals surface area contributed by atoms with E-state index >= 15 is 0 Å². The molecule has 4 rings (SSSR count). The number of halogens is 1. The molecule has 140 valence electrons. The van der Waals surface area contributed by atoms with E-state index in [-0.39, 0.29) is 5.28 Å². The van der Waals surface area contributed by atoms with Crippen LogP contribution in [0.4, 0.5) is 5.82 Å². The third-order valence-corrected chi connectivity index (χ3v) is 5.99. The number of amides is 1. The highest BCUT2D eigenvalue weighted by atomic mass is 35.5. The molecule has 1 aromatic carbocycles. The molecule has 3 heterocycles. The minimum atomic E-state index is 0.248. The van der Waals surface area contributed by atoms with E-state index in [2.05, 4.69) is 33.9 Å². The lowest BCUT2D eigenvalue weighted by atomic mass is 10.0. The Hall–Kier alpha value is -2.38. The van der Waals surface area contributed by atoms with Crippen molar-refractivity contribution in [1.29, 1.82) is 0 Å². The average Bonchev–Trinajstić information content (AvgIpc) is 3.03. The number of aromatic nitrogens is 2. The van der Waals surface area contributed by atoms with Crippen molar-refractivity contribution in [2.45, 2.75) is 6.92 Å². The fraction of sp³-hybridized carbons (Fsp3) is 0.316. The van der Waals surface area contributed by atoms with E-state index in [9.17, 15) is 4.79 Å². The van der Waals surface area contributed by atoms with Crippen LogP contribution in [0, 0.1) is 6.92 Å². The number of aryl methyl sites for hydroxylation is 1. The molecule has 3 aromatic rings. The molecule has 1 fully saturated rings. The highest BCUT2D eigenvalue weighted by Gasteiger charge is 2.24. The molecule has 1 aliphatic rings. The summed E-state index contributed by atoms with van der Waals surface area (Å²) in [6, 6.07) is 8.02. The van der Waals surface area contributed by atoms with Crippen molar-refractivity contribution < 1.29 is 9.53 Å². The van der Waals surface area contributed by atoms with Crippen LogP contribution in [0.1, 0.15) is 4.88 Å². The van der Waals surface area contributed by atoms with Gasteiger partial charge in [-0.25, -0.2) is 4.98 Å². The summed E-state index contributed by atoms with van der Waals surface area (Å²) in [6.45, 7) is 4.88. The van der Waals surface area contributed by atoms with Crippen molar-refractivity contribution in [2.24, 2.45) is 0 Å². The quantitative estimate of drug-likeness (QED) is 0.493. The standard InChI is InChI=1S/C19H19ClN4O2S/c1-12-15(13-3-5-14(26-2)6-4-13)16-17(21-19(20)22-18(16)27-12)24-9-7-23(11-25)8-10-24/h3-6,11H,7-10H2,1-2H3. The molecule has 6 nitrogen and oxygen atoms in total. The summed E-state index contributed by atoms with van der Waals surface area (Å²) in [5.41, 5.74) is 2.22. The summed E-state index contributed by atoms with van der Waals surface area (Å²) in [5, 5.41) is 1.27. The van der Waals surface area contributed by atoms with Crippen LogP contribution in [0.5, 0.6) is 5.75 Å². The minimum absolute atomic E-state index is 0.248. The van der Waals surface area contributed by atoms with Gasteiger partial charge in [-0.15, -0.1) is 11.3 Å². The number of carbonyl (C=O) groups is 1. The number of nitrogens with zero attached hydrogens (tertiary/aromatic N) is 4. The molecule has 0 saturated carbocycles. The fourth-order valence-corrected chi connectivity index (χ4v) is 4.70. The summed E-state index contributed by atoms with van der Waals surface area (Å²) in [4.78, 5) is 26.1. The van der Waals surface area contributed by atoms with Gasteiger partial charge in [0.25, 0.3) is 0 Å². The van der Waals surface area contributed by atoms with Crippen LogP contribution in [-0.2, 0) is 4.79 Å². The molecule has 1 saturated heterocycles. The number of rotatable bonds is 4. The molecule has 27 heavy (non-hydrogen) atoms. The number of piperazine rings is 1. The maximum absolute atomic E-state index is 11.0. The molecule has 0 radical (unpaired) electrons. The Balaban J connectivity index is 1.85. The third-order valence-electron chi connectivity index (χ3n) is 4.82. The highest BCUT2D eigenvalue weighted by Crippen LogP contribution is 2.42. The number of hydrogen-bond acceptors (Lipinski definition) is 6. The Kier molecular flexibility index (Phi) is 4.88. The first-order chi connectivity index (χ1) is 13.1. The molecule has 2 aromatic heterocycles. The molecule has 1 amide bonds. The summed E-state index contributed by atoms with van der Waals surface area (Å²) >= 11 is 7.84. The number of hydrogen-bond donors (Lipinski definition) is 0. The van der Waals surface area contributed by atoms with Crippen molar-refractivity contribution in [3.8, 4) is 16.9 Å². The Morgan fingerprint density at radius 1 is 1.15 bits per heavy atom. The normalized spacial score (nSPS) is 14.6. The number of thiophene rings is 1. The van der Waals surface area contributed by atoms with Crippen LogP contribution >= 0.6 is 22.9 Å². The maximum Gasteiger partial charge on any atom is 0.225 e. The zero-order valence-electron chi connectivity index (χ0n) is 15.1. The van der Waals surface area contributed by atoms with Gasteiger partial charge in [-0.05, 0) is 36.2 Å². The van der Waals surface area contributed by atoms with Gasteiger partial charge >= 0.3 is 0 Å². The Labute approximate surface area is 166 Å². The van der Waals surface area contributed by atoms with E-state index in [0.717, 1.165) is 52.4 Å². The van der Waals surface area contributed by atoms with E-state index in [1.165, 1.54) is 4.88 Å². The Morgan fingerprint density at radius 2 is 1.85 bits per heavy atom. The third kappa shape index (κ3) is 3.33. The largest absolute Gasteiger partial charge is 0.497 e. The van der Waals surface area contributed by atoms with Crippen molar-refractivity contribution in [2.75, 3.05) is 38.2 Å². The smallest absolute Gasteiger partial charge is 0.225 e. The van der Waals surface area contributed by atoms with Crippen LogP contribution in [0.25, 0.3) is 21.3 Å². The number of benzene rings is 1. The monoisotopic (exact) mass is 402 g/mol. The van der Waals surface area contributed by atoms with Gasteiger partial charge in [0.05, 0.1) is 12.5 Å². The average molecular weight is 403 g/mol. The maximum atomic E-state index is 11.0. The van der Waals surface area contributed by atoms with Crippen LogP contribution in [0.15, 0.2) is 24.3 Å². The molecule has 1 aliphatic heterocycles. The van der Waals surface area contributed by atoms with Gasteiger partial charge in [-0.2, -0.15) is 4.98 Å². The van der Waals surface area contributed by atoms with Gasteiger partial charge < -0.3 is 14.5 Å². The van der Waals surface area contributed by atoms with E-state index in [1.54, 1.807) is 23.3 Å². The number of carbonyl (C=O) groups excluding carboxylic acids is 1. The van der Waals surface area contributed by atoms with Crippen LogP contribution in [0.2, 0.25) is 5.28 Å². The Morgan fingerprint density at radius 3 is 2.48 bits per heavy atom. The number of methoxy groups -OCH3 is 1. The van der Waals surface area contributed by atoms with Crippen molar-refractivity contribution in [3.05, 3.63) is 34.4 Å². The van der Waals surface area contributed by atoms with Gasteiger partial charge in [0.15, 0.2) is 0 Å². The molecular formula is C19H19ClN4O2S. The van der Waals surface area contributed by atoms with Crippen LogP contribution < -0.4 is 9.64 Å². The molecule has 0 spiro atoms. The van der Waals surface area contributed by atoms with E-state index in [1.807, 2.05) is 12.1 Å². The zero-order chi connectivity index (χ0) is 19.0. The van der Waals surface area contributed by atoms with E-state index in [4.69, 9.17) is 16.3 Å². The lowest BCUT2D eigenvalue weighted by Crippen LogP contribution is -2.46. The predicted octanol–water partition coefficient (Wildman–Crippen LogP) is 3.61. The van der Waals surface area contributed by atoms with Crippen LogP contribution in [0.3, 0.4) is 0 Å². The second kappa shape index (κ2) is 7.32. The molecular weight excluding hydrogens is 384 g/mol. The summed E-state index contributed by atoms with van der Waals surface area (Å²) in [5.74, 6) is 1.66. The zero-order valence-corrected chi connectivity index (χ0v) is 16.7. The second-order valence-corrected chi connectivity index (χ2v) is 7.93. The van der Waals surface area contributed by atoms with Crippen molar-refractivity contribution in [3.63, 3.8) is 0 Å². The highest BCUT2D eigenvalue weighted by molar-refractivity contribution is 7.19.